The Balaban J connectivity index is 1.50. The summed E-state index contributed by atoms with van der Waals surface area (Å²) in [5, 5.41) is 35.4. The molecule has 57 heavy (non-hydrogen) atoms. The Labute approximate surface area is 337 Å². The summed E-state index contributed by atoms with van der Waals surface area (Å²) in [6.07, 6.45) is 9.90. The average Bonchev–Trinajstić information content (AvgIpc) is 3.22. The van der Waals surface area contributed by atoms with E-state index in [-0.39, 0.29) is 55.4 Å². The molecule has 6 rings (SSSR count). The van der Waals surface area contributed by atoms with E-state index < -0.39 is 28.8 Å². The Bertz CT molecular complexity index is 1940. The molecule has 6 atom stereocenters. The second-order valence-electron chi connectivity index (χ2n) is 14.5. The number of aliphatic hydroxyl groups excluding tert-OH is 2. The highest BCUT2D eigenvalue weighted by atomic mass is 32.2. The highest BCUT2D eigenvalue weighted by Crippen LogP contribution is 2.62. The quantitative estimate of drug-likeness (QED) is 0.0417. The molecule has 0 aromatic heterocycles. The molecule has 6 unspecified atom stereocenters. The molecule has 3 aliphatic rings. The first-order chi connectivity index (χ1) is 27.7. The van der Waals surface area contributed by atoms with E-state index in [2.05, 4.69) is 17.8 Å². The number of oxime groups is 1. The van der Waals surface area contributed by atoms with Crippen molar-refractivity contribution in [2.45, 2.75) is 67.6 Å². The zero-order valence-electron chi connectivity index (χ0n) is 32.6. The minimum atomic E-state index is -1.46. The van der Waals surface area contributed by atoms with Crippen molar-refractivity contribution in [3.05, 3.63) is 107 Å². The molecule has 2 N–H and O–H groups in total. The van der Waals surface area contributed by atoms with Crippen LogP contribution in [0.25, 0.3) is 0 Å². The van der Waals surface area contributed by atoms with Gasteiger partial charge in [0.1, 0.15) is 36.1 Å². The highest BCUT2D eigenvalue weighted by Gasteiger charge is 2.65. The predicted octanol–water partition coefficient (Wildman–Crippen LogP) is 8.50. The van der Waals surface area contributed by atoms with Crippen molar-refractivity contribution >= 4 is 29.3 Å². The van der Waals surface area contributed by atoms with Gasteiger partial charge in [-0.2, -0.15) is 0 Å². The van der Waals surface area contributed by atoms with Crippen molar-refractivity contribution < 1.29 is 43.7 Å². The smallest absolute Gasteiger partial charge is 0.415 e. The van der Waals surface area contributed by atoms with Crippen molar-refractivity contribution in [3.8, 4) is 23.0 Å². The molecule has 0 spiro atoms. The molecule has 1 amide bonds. The van der Waals surface area contributed by atoms with Crippen LogP contribution in [0.3, 0.4) is 0 Å². The minimum absolute atomic E-state index is 0.0365. The number of nitro groups is 1. The lowest BCUT2D eigenvalue weighted by atomic mass is 9.55. The Hall–Kier alpha value is -4.89. The van der Waals surface area contributed by atoms with Gasteiger partial charge in [-0.1, -0.05) is 30.1 Å². The summed E-state index contributed by atoms with van der Waals surface area (Å²) in [4.78, 5) is 32.8. The van der Waals surface area contributed by atoms with E-state index in [4.69, 9.17) is 23.8 Å². The number of non-ortho nitro benzene ring substituents is 1. The Morgan fingerprint density at radius 2 is 1.72 bits per heavy atom. The number of likely N-dealkylation sites (N-methyl/N-ethyl adjacent to an activating group) is 1. The number of benzene rings is 3. The molecule has 0 bridgehead atoms. The zero-order valence-corrected chi connectivity index (χ0v) is 33.4. The predicted molar refractivity (Wildman–Crippen MR) is 217 cm³/mol. The summed E-state index contributed by atoms with van der Waals surface area (Å²) in [5.74, 6) is -0.0412. The lowest BCUT2D eigenvalue weighted by Crippen LogP contribution is -2.69. The number of hydrogen-bond donors (Lipinski definition) is 2. The fourth-order valence-corrected chi connectivity index (χ4v) is 9.03. The topological polar surface area (TPSA) is 162 Å². The van der Waals surface area contributed by atoms with Crippen LogP contribution in [0.2, 0.25) is 0 Å². The summed E-state index contributed by atoms with van der Waals surface area (Å²) in [6.45, 7) is 4.22. The number of nitrogens with zero attached hydrogens (tertiary/aromatic N) is 3. The van der Waals surface area contributed by atoms with Gasteiger partial charge in [0, 0.05) is 55.2 Å². The van der Waals surface area contributed by atoms with Gasteiger partial charge in [0.25, 0.3) is 5.69 Å². The number of carbonyl (C=O) groups is 1. The molecule has 1 saturated carbocycles. The van der Waals surface area contributed by atoms with Gasteiger partial charge < -0.3 is 38.9 Å². The molecule has 2 aliphatic carbocycles. The van der Waals surface area contributed by atoms with Crippen LogP contribution in [0.15, 0.2) is 101 Å². The largest absolute Gasteiger partial charge is 0.459 e. The molecular formula is C43H51N3O10S. The standard InChI is InChI=1S/C43H51N3O10S/c1-5-24-53-43-39(45(2)42(49)55-31-14-12-29(13-15-31)46(50)51)27-37(44-52-3)35-25-28(10-6-8-22-47)34(11-7-9-23-48)40(41(35)43)36-26-32(18-21-38(36)56-43)54-30-16-19-33(57-4)20-17-30/h5,12-21,25-26,28,34,39-41,47-48H,1,6-11,22-24,27H2,2-4H3. The normalized spacial score (nSPS) is 24.0. The van der Waals surface area contributed by atoms with E-state index in [9.17, 15) is 25.1 Å². The first kappa shape index (κ1) is 41.7. The number of carbonyl (C=O) groups excluding carboxylic acids is 1. The summed E-state index contributed by atoms with van der Waals surface area (Å²) in [6, 6.07) is 18.2. The summed E-state index contributed by atoms with van der Waals surface area (Å²) >= 11 is 1.65. The lowest BCUT2D eigenvalue weighted by Gasteiger charge is -2.59. The Morgan fingerprint density at radius 3 is 2.37 bits per heavy atom. The maximum Gasteiger partial charge on any atom is 0.415 e. The second-order valence-corrected chi connectivity index (χ2v) is 15.3. The molecular weight excluding hydrogens is 751 g/mol. The highest BCUT2D eigenvalue weighted by molar-refractivity contribution is 7.98. The van der Waals surface area contributed by atoms with Crippen molar-refractivity contribution in [3.63, 3.8) is 0 Å². The third-order valence-corrected chi connectivity index (χ3v) is 11.9. The van der Waals surface area contributed by atoms with Crippen LogP contribution in [0.5, 0.6) is 23.0 Å². The molecule has 3 aromatic rings. The van der Waals surface area contributed by atoms with Gasteiger partial charge in [0.2, 0.25) is 5.79 Å². The van der Waals surface area contributed by atoms with Crippen LogP contribution < -0.4 is 14.2 Å². The van der Waals surface area contributed by atoms with Crippen molar-refractivity contribution in [2.24, 2.45) is 22.9 Å². The van der Waals surface area contributed by atoms with Gasteiger partial charge in [-0.25, -0.2) is 4.79 Å². The monoisotopic (exact) mass is 801 g/mol. The van der Waals surface area contributed by atoms with Gasteiger partial charge in [-0.3, -0.25) is 10.1 Å². The van der Waals surface area contributed by atoms with Crippen molar-refractivity contribution in [1.82, 2.24) is 4.90 Å². The number of nitro benzene ring substituents is 1. The molecule has 3 aromatic carbocycles. The molecule has 0 saturated heterocycles. The average molecular weight is 802 g/mol. The minimum Gasteiger partial charge on any atom is -0.459 e. The van der Waals surface area contributed by atoms with Crippen LogP contribution in [-0.4, -0.2) is 83.9 Å². The van der Waals surface area contributed by atoms with Crippen LogP contribution in [0.1, 0.15) is 56.4 Å². The molecule has 1 aliphatic heterocycles. The number of aliphatic hydroxyl groups is 2. The Morgan fingerprint density at radius 1 is 1.04 bits per heavy atom. The number of rotatable bonds is 18. The maximum absolute atomic E-state index is 14.1. The number of allylic oxidation sites excluding steroid dienone is 1. The van der Waals surface area contributed by atoms with Crippen molar-refractivity contribution in [2.75, 3.05) is 40.2 Å². The van der Waals surface area contributed by atoms with Gasteiger partial charge in [0.05, 0.1) is 23.2 Å². The summed E-state index contributed by atoms with van der Waals surface area (Å²) in [5.41, 5.74) is 2.34. The first-order valence-electron chi connectivity index (χ1n) is 19.3. The molecule has 1 fully saturated rings. The fraction of sp³-hybridized carbons (Fsp3) is 0.442. The summed E-state index contributed by atoms with van der Waals surface area (Å²) in [7, 11) is 3.10. The first-order valence-corrected chi connectivity index (χ1v) is 20.5. The molecule has 14 heteroatoms. The van der Waals surface area contributed by atoms with E-state index >= 15 is 0 Å². The zero-order chi connectivity index (χ0) is 40.5. The summed E-state index contributed by atoms with van der Waals surface area (Å²) < 4.78 is 26.2. The number of hydrogen-bond acceptors (Lipinski definition) is 12. The number of amides is 1. The van der Waals surface area contributed by atoms with Crippen LogP contribution in [0.4, 0.5) is 10.5 Å². The van der Waals surface area contributed by atoms with E-state index in [1.54, 1.807) is 24.9 Å². The van der Waals surface area contributed by atoms with E-state index in [1.807, 2.05) is 48.7 Å². The third-order valence-electron chi connectivity index (χ3n) is 11.1. The number of ether oxygens (including phenoxy) is 4. The van der Waals surface area contributed by atoms with Gasteiger partial charge in [0.15, 0.2) is 0 Å². The van der Waals surface area contributed by atoms with Crippen molar-refractivity contribution in [1.29, 1.82) is 0 Å². The van der Waals surface area contributed by atoms with Crippen LogP contribution >= 0.6 is 11.8 Å². The van der Waals surface area contributed by atoms with Gasteiger partial charge >= 0.3 is 6.09 Å². The van der Waals surface area contributed by atoms with Gasteiger partial charge in [-0.05, 0) is 104 Å². The SMILES string of the molecule is C=CCOC12Oc3ccc(Oc4ccc(SC)cc4)cc3C3C(CCCCO)C(CCCCO)C=C(C(=NOC)CC1N(C)C(=O)Oc1ccc([N+](=O)[O-])cc1)C32. The van der Waals surface area contributed by atoms with E-state index in [1.165, 1.54) is 36.3 Å². The molecule has 13 nitrogen and oxygen atoms in total. The van der Waals surface area contributed by atoms with E-state index in [0.717, 1.165) is 41.7 Å². The van der Waals surface area contributed by atoms with Gasteiger partial charge in [-0.15, -0.1) is 18.3 Å². The fourth-order valence-electron chi connectivity index (χ4n) is 8.62. The lowest BCUT2D eigenvalue weighted by molar-refractivity contribution is -0.384. The van der Waals surface area contributed by atoms with Crippen LogP contribution in [-0.2, 0) is 9.57 Å². The van der Waals surface area contributed by atoms with E-state index in [0.29, 0.717) is 35.8 Å². The number of fused-ring (bicyclic) bond motifs is 2. The second kappa shape index (κ2) is 19.0. The number of unbranched alkanes of at least 4 members (excludes halogenated alkanes) is 2. The maximum atomic E-state index is 14.1. The third kappa shape index (κ3) is 8.99. The molecule has 1 heterocycles. The molecule has 0 radical (unpaired) electrons. The molecule has 304 valence electrons. The number of thioether (sulfide) groups is 1. The van der Waals surface area contributed by atoms with Crippen LogP contribution in [0, 0.1) is 27.9 Å². The Kier molecular flexibility index (Phi) is 13.9.